The van der Waals surface area contributed by atoms with Gasteiger partial charge in [0.15, 0.2) is 0 Å². The molecule has 2 unspecified atom stereocenters. The van der Waals surface area contributed by atoms with Gasteiger partial charge in [-0.2, -0.15) is 4.91 Å². The summed E-state index contributed by atoms with van der Waals surface area (Å²) in [4.78, 5) is 26.9. The summed E-state index contributed by atoms with van der Waals surface area (Å²) in [5, 5.41) is 15.4. The van der Waals surface area contributed by atoms with Gasteiger partial charge in [0.25, 0.3) is 0 Å². The van der Waals surface area contributed by atoms with Crippen molar-refractivity contribution in [3.63, 3.8) is 0 Å². The summed E-state index contributed by atoms with van der Waals surface area (Å²) in [7, 11) is 0. The van der Waals surface area contributed by atoms with E-state index in [4.69, 9.17) is 4.42 Å². The molecule has 0 spiro atoms. The van der Waals surface area contributed by atoms with Gasteiger partial charge in [-0.15, -0.1) is 0 Å². The Labute approximate surface area is 198 Å². The number of fused-ring (bicyclic) bond motifs is 4. The number of hydrogen-bond donors (Lipinski definition) is 2. The number of H-pyrrole nitrogens is 1. The fraction of sp³-hybridized carbons (Fsp3) is 0.393. The number of benzene rings is 2. The van der Waals surface area contributed by atoms with Gasteiger partial charge < -0.3 is 14.5 Å². The number of carboxylic acid groups (broad SMARTS) is 1. The molecule has 0 fully saturated rings. The first-order valence-electron chi connectivity index (χ1n) is 12.3. The van der Waals surface area contributed by atoms with Crippen LogP contribution in [0, 0.1) is 10.8 Å². The van der Waals surface area contributed by atoms with Crippen molar-refractivity contribution >= 4 is 27.8 Å². The number of carbonyl (C=O) groups is 1. The Morgan fingerprint density at radius 1 is 1.09 bits per heavy atom. The van der Waals surface area contributed by atoms with E-state index in [0.717, 1.165) is 72.8 Å². The lowest BCUT2D eigenvalue weighted by atomic mass is 9.90. The zero-order chi connectivity index (χ0) is 23.5. The predicted octanol–water partition coefficient (Wildman–Crippen LogP) is 7.10. The summed E-state index contributed by atoms with van der Waals surface area (Å²) in [6.07, 6.45) is 9.66. The van der Waals surface area contributed by atoms with Crippen LogP contribution in [0.4, 0.5) is 0 Å². The Bertz CT molecular complexity index is 1320. The fourth-order valence-corrected chi connectivity index (χ4v) is 5.40. The number of aromatic nitrogens is 1. The molecule has 2 heterocycles. The van der Waals surface area contributed by atoms with E-state index in [1.807, 2.05) is 30.3 Å². The van der Waals surface area contributed by atoms with Gasteiger partial charge in [-0.1, -0.05) is 48.4 Å². The number of nitrogens with one attached hydrogen (secondary N) is 1. The number of aryl methyl sites for hydroxylation is 3. The van der Waals surface area contributed by atoms with Crippen LogP contribution in [0.15, 0.2) is 58.3 Å². The molecule has 0 saturated carbocycles. The minimum absolute atomic E-state index is 0.215. The molecule has 0 saturated heterocycles. The van der Waals surface area contributed by atoms with Gasteiger partial charge in [-0.3, -0.25) is 4.79 Å². The molecule has 0 aliphatic heterocycles. The molecule has 34 heavy (non-hydrogen) atoms. The van der Waals surface area contributed by atoms with Crippen LogP contribution in [-0.4, -0.2) is 16.1 Å². The molecule has 2 aromatic heterocycles. The summed E-state index contributed by atoms with van der Waals surface area (Å²) in [6.45, 7) is 0. The molecule has 5 rings (SSSR count). The van der Waals surface area contributed by atoms with E-state index in [-0.39, 0.29) is 6.42 Å². The number of carboxylic acids is 1. The van der Waals surface area contributed by atoms with Crippen molar-refractivity contribution in [1.82, 2.24) is 4.98 Å². The van der Waals surface area contributed by atoms with Gasteiger partial charge in [0, 0.05) is 34.5 Å². The van der Waals surface area contributed by atoms with Crippen LogP contribution < -0.4 is 0 Å². The molecule has 2 aromatic carbocycles. The van der Waals surface area contributed by atoms with Crippen molar-refractivity contribution in [3.05, 3.63) is 76.0 Å². The van der Waals surface area contributed by atoms with Crippen LogP contribution in [-0.2, 0) is 24.1 Å². The first-order valence-corrected chi connectivity index (χ1v) is 12.3. The molecule has 6 nitrogen and oxygen atoms in total. The smallest absolute Gasteiger partial charge is 0.306 e. The summed E-state index contributed by atoms with van der Waals surface area (Å²) in [6, 6.07) is 13.4. The van der Waals surface area contributed by atoms with Gasteiger partial charge in [-0.05, 0) is 61.8 Å². The third-order valence-corrected chi connectivity index (χ3v) is 7.27. The van der Waals surface area contributed by atoms with Crippen molar-refractivity contribution in [3.8, 4) is 0 Å². The fourth-order valence-electron chi connectivity index (χ4n) is 5.40. The third kappa shape index (κ3) is 4.49. The van der Waals surface area contributed by atoms with Gasteiger partial charge in [0.1, 0.15) is 17.4 Å². The number of rotatable bonds is 11. The monoisotopic (exact) mass is 458 g/mol. The molecule has 2 N–H and O–H groups in total. The van der Waals surface area contributed by atoms with E-state index in [1.54, 1.807) is 0 Å². The van der Waals surface area contributed by atoms with Crippen molar-refractivity contribution in [1.29, 1.82) is 0 Å². The molecule has 176 valence electrons. The van der Waals surface area contributed by atoms with Crippen molar-refractivity contribution in [2.75, 3.05) is 0 Å². The molecule has 4 aromatic rings. The van der Waals surface area contributed by atoms with E-state index < -0.39 is 17.9 Å². The van der Waals surface area contributed by atoms with Gasteiger partial charge in [-0.25, -0.2) is 0 Å². The Hall–Kier alpha value is -3.41. The number of aliphatic carboxylic acids is 1. The second-order valence-electron chi connectivity index (χ2n) is 9.46. The molecule has 6 heteroatoms. The minimum atomic E-state index is -0.858. The highest BCUT2D eigenvalue weighted by Crippen LogP contribution is 2.36. The molecule has 0 amide bonds. The Morgan fingerprint density at radius 2 is 1.97 bits per heavy atom. The minimum Gasteiger partial charge on any atom is -0.481 e. The van der Waals surface area contributed by atoms with E-state index in [9.17, 15) is 14.8 Å². The van der Waals surface area contributed by atoms with Gasteiger partial charge in [0.2, 0.25) is 0 Å². The van der Waals surface area contributed by atoms with Crippen LogP contribution >= 0.6 is 0 Å². The molecule has 0 bridgehead atoms. The third-order valence-electron chi connectivity index (χ3n) is 7.27. The van der Waals surface area contributed by atoms with Crippen LogP contribution in [0.3, 0.4) is 0 Å². The lowest BCUT2D eigenvalue weighted by molar-refractivity contribution is -0.142. The Morgan fingerprint density at radius 3 is 2.82 bits per heavy atom. The van der Waals surface area contributed by atoms with Gasteiger partial charge in [0.05, 0.1) is 5.92 Å². The number of aromatic amines is 1. The number of nitrogens with zero attached hydrogens (tertiary/aromatic N) is 1. The van der Waals surface area contributed by atoms with E-state index in [2.05, 4.69) is 28.5 Å². The van der Waals surface area contributed by atoms with Crippen LogP contribution in [0.1, 0.15) is 67.0 Å². The highest BCUT2D eigenvalue weighted by atomic mass is 16.4. The number of para-hydroxylation sites is 1. The highest BCUT2D eigenvalue weighted by Gasteiger charge is 2.26. The number of unbranched alkanes of at least 4 members (excludes halogenated alkanes) is 2. The van der Waals surface area contributed by atoms with Crippen molar-refractivity contribution in [2.45, 2.75) is 63.8 Å². The van der Waals surface area contributed by atoms with E-state index >= 15 is 0 Å². The maximum absolute atomic E-state index is 11.9. The summed E-state index contributed by atoms with van der Waals surface area (Å²) in [5.74, 6) is -0.407. The topological polar surface area (TPSA) is 95.7 Å². The molecular formula is C28H30N2O4. The maximum atomic E-state index is 11.9. The molecular weight excluding hydrogens is 428 g/mol. The summed E-state index contributed by atoms with van der Waals surface area (Å²) in [5.41, 5.74) is 5.23. The second-order valence-corrected chi connectivity index (χ2v) is 9.46. The standard InChI is InChI=1S/C28H30N2O4/c31-28(32)19(7-2-1-3-8-20-17-29-24-11-5-4-9-21(20)24)15-25(30-33)18-13-14-23-22-10-6-12-26(22)34-27(23)16-18/h4-5,9,11,13-14,16-17,19,25,29H,1-3,6-8,10,12,15H2,(H,31,32). The molecule has 1 aliphatic rings. The number of hydrogen-bond acceptors (Lipinski definition) is 4. The molecule has 0 radical (unpaired) electrons. The zero-order valence-electron chi connectivity index (χ0n) is 19.3. The SMILES string of the molecule is O=NC(CC(CCCCCc1c[nH]c2ccccc12)C(=O)O)c1ccc2c3c(oc2c1)CCC3. The van der Waals surface area contributed by atoms with Crippen molar-refractivity contribution < 1.29 is 14.3 Å². The quantitative estimate of drug-likeness (QED) is 0.185. The summed E-state index contributed by atoms with van der Waals surface area (Å²) < 4.78 is 5.99. The number of nitroso groups, excluding NO2 is 1. The Balaban J connectivity index is 1.17. The van der Waals surface area contributed by atoms with Crippen molar-refractivity contribution in [2.24, 2.45) is 11.1 Å². The normalized spacial score (nSPS) is 14.9. The average molecular weight is 459 g/mol. The lowest BCUT2D eigenvalue weighted by Crippen LogP contribution is -2.16. The van der Waals surface area contributed by atoms with Crippen LogP contribution in [0.2, 0.25) is 0 Å². The Kier molecular flexibility index (Phi) is 6.48. The first kappa shape index (κ1) is 22.4. The highest BCUT2D eigenvalue weighted by molar-refractivity contribution is 5.84. The summed E-state index contributed by atoms with van der Waals surface area (Å²) >= 11 is 0. The van der Waals surface area contributed by atoms with E-state index in [1.165, 1.54) is 16.5 Å². The molecule has 1 aliphatic carbocycles. The maximum Gasteiger partial charge on any atom is 0.306 e. The zero-order valence-corrected chi connectivity index (χ0v) is 19.3. The van der Waals surface area contributed by atoms with E-state index in [0.29, 0.717) is 6.42 Å². The van der Waals surface area contributed by atoms with Crippen LogP contribution in [0.5, 0.6) is 0 Å². The van der Waals surface area contributed by atoms with Crippen LogP contribution in [0.25, 0.3) is 21.9 Å². The largest absolute Gasteiger partial charge is 0.481 e. The lowest BCUT2D eigenvalue weighted by Gasteiger charge is -2.16. The molecule has 2 atom stereocenters. The first-order chi connectivity index (χ1) is 16.6. The predicted molar refractivity (Wildman–Crippen MR) is 133 cm³/mol. The number of furan rings is 1. The van der Waals surface area contributed by atoms with Gasteiger partial charge >= 0.3 is 5.97 Å². The average Bonchev–Trinajstić information content (AvgIpc) is 3.55. The second kappa shape index (κ2) is 9.84.